The molecule has 0 aliphatic carbocycles. The van der Waals surface area contributed by atoms with E-state index < -0.39 is 5.97 Å². The van der Waals surface area contributed by atoms with E-state index in [9.17, 15) is 4.79 Å². The number of hydrogen-bond donors (Lipinski definition) is 0. The number of ether oxygens (including phenoxy) is 2. The predicted molar refractivity (Wildman–Crippen MR) is 69.2 cm³/mol. The van der Waals surface area contributed by atoms with Crippen molar-refractivity contribution in [2.45, 2.75) is 0 Å². The van der Waals surface area contributed by atoms with Crippen molar-refractivity contribution in [2.24, 2.45) is 0 Å². The van der Waals surface area contributed by atoms with Gasteiger partial charge in [-0.1, -0.05) is 30.3 Å². The van der Waals surface area contributed by atoms with Crippen molar-refractivity contribution < 1.29 is 14.3 Å². The molecule has 2 aromatic rings. The summed E-state index contributed by atoms with van der Waals surface area (Å²) in [4.78, 5) is 11.0. The molecule has 0 spiro atoms. The Morgan fingerprint density at radius 1 is 1.24 bits per heavy atom. The van der Waals surface area contributed by atoms with Crippen molar-refractivity contribution >= 4 is 32.7 Å². The smallest absolute Gasteiger partial charge is 0.343 e. The van der Waals surface area contributed by atoms with Gasteiger partial charge in [0, 0.05) is 0 Å². The lowest BCUT2D eigenvalue weighted by Gasteiger charge is -2.09. The molecule has 0 fully saturated rings. The van der Waals surface area contributed by atoms with Crippen LogP contribution in [-0.2, 0) is 9.53 Å². The standard InChI is InChI=1S/C13H11BrO3/c1-16-12(15)8-17-11-7-6-9-4-2-3-5-10(9)13(11)14/h2-7H,8H2,1H3. The van der Waals surface area contributed by atoms with Gasteiger partial charge in [-0.05, 0) is 32.8 Å². The summed E-state index contributed by atoms with van der Waals surface area (Å²) in [5, 5.41) is 2.17. The lowest BCUT2D eigenvalue weighted by molar-refractivity contribution is -0.142. The average molecular weight is 295 g/mol. The Hall–Kier alpha value is -1.55. The molecule has 0 aliphatic rings. The molecule has 2 rings (SSSR count). The second-order valence-electron chi connectivity index (χ2n) is 3.46. The zero-order valence-electron chi connectivity index (χ0n) is 9.27. The summed E-state index contributed by atoms with van der Waals surface area (Å²) in [6, 6.07) is 11.7. The van der Waals surface area contributed by atoms with Gasteiger partial charge >= 0.3 is 5.97 Å². The third-order valence-electron chi connectivity index (χ3n) is 2.40. The Bertz CT molecular complexity index is 551. The van der Waals surface area contributed by atoms with Crippen molar-refractivity contribution in [3.8, 4) is 5.75 Å². The van der Waals surface area contributed by atoms with Gasteiger partial charge < -0.3 is 9.47 Å². The van der Waals surface area contributed by atoms with Crippen LogP contribution in [0.2, 0.25) is 0 Å². The molecule has 0 amide bonds. The Morgan fingerprint density at radius 2 is 2.00 bits per heavy atom. The maximum atomic E-state index is 11.0. The fourth-order valence-electron chi connectivity index (χ4n) is 1.52. The molecule has 0 aromatic heterocycles. The van der Waals surface area contributed by atoms with Crippen LogP contribution in [0.25, 0.3) is 10.8 Å². The molecule has 17 heavy (non-hydrogen) atoms. The number of rotatable bonds is 3. The number of benzene rings is 2. The van der Waals surface area contributed by atoms with Crippen molar-refractivity contribution in [1.29, 1.82) is 0 Å². The van der Waals surface area contributed by atoms with Crippen molar-refractivity contribution in [1.82, 2.24) is 0 Å². The Labute approximate surface area is 107 Å². The molecule has 0 radical (unpaired) electrons. The summed E-state index contributed by atoms with van der Waals surface area (Å²) in [5.74, 6) is 0.235. The third-order valence-corrected chi connectivity index (χ3v) is 3.22. The first kappa shape index (κ1) is 11.9. The van der Waals surface area contributed by atoms with Crippen LogP contribution in [0.4, 0.5) is 0 Å². The van der Waals surface area contributed by atoms with E-state index in [1.807, 2.05) is 36.4 Å². The topological polar surface area (TPSA) is 35.5 Å². The lowest BCUT2D eigenvalue weighted by atomic mass is 10.1. The van der Waals surface area contributed by atoms with Gasteiger partial charge in [0.05, 0.1) is 11.6 Å². The Balaban J connectivity index is 2.29. The van der Waals surface area contributed by atoms with E-state index in [0.29, 0.717) is 5.75 Å². The molecule has 0 N–H and O–H groups in total. The van der Waals surface area contributed by atoms with E-state index in [-0.39, 0.29) is 6.61 Å². The van der Waals surface area contributed by atoms with Gasteiger partial charge in [-0.3, -0.25) is 0 Å². The highest BCUT2D eigenvalue weighted by atomic mass is 79.9. The molecule has 0 unspecified atom stereocenters. The molecule has 0 aliphatic heterocycles. The fraction of sp³-hybridized carbons (Fsp3) is 0.154. The number of carbonyl (C=O) groups is 1. The largest absolute Gasteiger partial charge is 0.481 e. The maximum Gasteiger partial charge on any atom is 0.343 e. The number of carbonyl (C=O) groups excluding carboxylic acids is 1. The summed E-state index contributed by atoms with van der Waals surface area (Å²) in [6.07, 6.45) is 0. The van der Waals surface area contributed by atoms with Gasteiger partial charge in [-0.2, -0.15) is 0 Å². The monoisotopic (exact) mass is 294 g/mol. The van der Waals surface area contributed by atoms with Crippen LogP contribution in [0, 0.1) is 0 Å². The Morgan fingerprint density at radius 3 is 2.76 bits per heavy atom. The highest BCUT2D eigenvalue weighted by Crippen LogP contribution is 2.32. The van der Waals surface area contributed by atoms with E-state index in [1.54, 1.807) is 0 Å². The first-order chi connectivity index (χ1) is 8.22. The molecule has 0 saturated heterocycles. The van der Waals surface area contributed by atoms with E-state index >= 15 is 0 Å². The number of methoxy groups -OCH3 is 1. The van der Waals surface area contributed by atoms with E-state index in [4.69, 9.17) is 4.74 Å². The summed E-state index contributed by atoms with van der Waals surface area (Å²) < 4.78 is 10.7. The van der Waals surface area contributed by atoms with Gasteiger partial charge in [-0.15, -0.1) is 0 Å². The minimum Gasteiger partial charge on any atom is -0.481 e. The molecule has 0 saturated carbocycles. The highest BCUT2D eigenvalue weighted by molar-refractivity contribution is 9.10. The van der Waals surface area contributed by atoms with Crippen molar-refractivity contribution in [3.63, 3.8) is 0 Å². The third kappa shape index (κ3) is 2.58. The fourth-order valence-corrected chi connectivity index (χ4v) is 2.13. The van der Waals surface area contributed by atoms with Crippen LogP contribution in [0.1, 0.15) is 0 Å². The molecule has 0 bridgehead atoms. The normalized spacial score (nSPS) is 10.2. The van der Waals surface area contributed by atoms with Crippen LogP contribution in [0.3, 0.4) is 0 Å². The number of esters is 1. The molecule has 3 nitrogen and oxygen atoms in total. The first-order valence-electron chi connectivity index (χ1n) is 5.09. The van der Waals surface area contributed by atoms with Gasteiger partial charge in [-0.25, -0.2) is 4.79 Å². The van der Waals surface area contributed by atoms with Gasteiger partial charge in [0.15, 0.2) is 6.61 Å². The number of fused-ring (bicyclic) bond motifs is 1. The lowest BCUT2D eigenvalue weighted by Crippen LogP contribution is -2.12. The minimum absolute atomic E-state index is 0.0898. The van der Waals surface area contributed by atoms with Crippen LogP contribution < -0.4 is 4.74 Å². The highest BCUT2D eigenvalue weighted by Gasteiger charge is 2.08. The van der Waals surface area contributed by atoms with Crippen molar-refractivity contribution in [2.75, 3.05) is 13.7 Å². The number of hydrogen-bond acceptors (Lipinski definition) is 3. The number of halogens is 1. The van der Waals surface area contributed by atoms with Crippen LogP contribution in [0.5, 0.6) is 5.75 Å². The molecule has 88 valence electrons. The zero-order chi connectivity index (χ0) is 12.3. The summed E-state index contributed by atoms with van der Waals surface area (Å²) in [6.45, 7) is -0.0898. The second-order valence-corrected chi connectivity index (χ2v) is 4.26. The van der Waals surface area contributed by atoms with Crippen LogP contribution >= 0.6 is 15.9 Å². The molecule has 0 atom stereocenters. The van der Waals surface area contributed by atoms with Gasteiger partial charge in [0.2, 0.25) is 0 Å². The molecular weight excluding hydrogens is 284 g/mol. The van der Waals surface area contributed by atoms with Crippen LogP contribution in [-0.4, -0.2) is 19.7 Å². The second kappa shape index (κ2) is 5.19. The average Bonchev–Trinajstić information content (AvgIpc) is 2.38. The Kier molecular flexibility index (Phi) is 3.64. The molecular formula is C13H11BrO3. The molecule has 4 heteroatoms. The van der Waals surface area contributed by atoms with E-state index in [0.717, 1.165) is 15.2 Å². The summed E-state index contributed by atoms with van der Waals surface area (Å²) >= 11 is 3.48. The van der Waals surface area contributed by atoms with E-state index in [1.165, 1.54) is 7.11 Å². The van der Waals surface area contributed by atoms with Gasteiger partial charge in [0.25, 0.3) is 0 Å². The molecule has 2 aromatic carbocycles. The summed E-state index contributed by atoms with van der Waals surface area (Å²) in [7, 11) is 1.33. The quantitative estimate of drug-likeness (QED) is 0.816. The predicted octanol–water partition coefficient (Wildman–Crippen LogP) is 3.15. The maximum absolute atomic E-state index is 11.0. The van der Waals surface area contributed by atoms with Crippen molar-refractivity contribution in [3.05, 3.63) is 40.9 Å². The summed E-state index contributed by atoms with van der Waals surface area (Å²) in [5.41, 5.74) is 0. The van der Waals surface area contributed by atoms with Gasteiger partial charge in [0.1, 0.15) is 5.75 Å². The minimum atomic E-state index is -0.398. The van der Waals surface area contributed by atoms with E-state index in [2.05, 4.69) is 20.7 Å². The SMILES string of the molecule is COC(=O)COc1ccc2ccccc2c1Br. The van der Waals surface area contributed by atoms with Crippen LogP contribution in [0.15, 0.2) is 40.9 Å². The zero-order valence-corrected chi connectivity index (χ0v) is 10.9. The molecule has 0 heterocycles. The first-order valence-corrected chi connectivity index (χ1v) is 5.88.